The largest absolute Gasteiger partial charge is 0.356 e. The molecule has 2 N–H and O–H groups in total. The van der Waals surface area contributed by atoms with E-state index in [9.17, 15) is 0 Å². The molecule has 1 aliphatic rings. The number of thiazole rings is 1. The van der Waals surface area contributed by atoms with Gasteiger partial charge in [-0.25, -0.2) is 4.98 Å². The van der Waals surface area contributed by atoms with Crippen LogP contribution in [-0.4, -0.2) is 73.6 Å². The van der Waals surface area contributed by atoms with Crippen LogP contribution in [0.5, 0.6) is 0 Å². The first-order chi connectivity index (χ1) is 15.1. The summed E-state index contributed by atoms with van der Waals surface area (Å²) in [4.78, 5) is 15.4. The second-order valence-corrected chi connectivity index (χ2v) is 9.52. The molecule has 8 heteroatoms. The maximum absolute atomic E-state index is 4.60. The van der Waals surface area contributed by atoms with Crippen LogP contribution in [0.3, 0.4) is 0 Å². The SMILES string of the molecule is CN=C(NCCCCN1CCN(Cc2ccccc2)CC1)NCCc1nc(C)c(C)s1.I. The molecule has 3 rings (SSSR count). The monoisotopic (exact) mass is 570 g/mol. The second kappa shape index (κ2) is 14.8. The van der Waals surface area contributed by atoms with Gasteiger partial charge in [-0.1, -0.05) is 30.3 Å². The number of rotatable bonds is 10. The molecule has 1 saturated heterocycles. The minimum atomic E-state index is 0. The van der Waals surface area contributed by atoms with Gasteiger partial charge in [0, 0.05) is 64.2 Å². The summed E-state index contributed by atoms with van der Waals surface area (Å²) in [6, 6.07) is 10.8. The Morgan fingerprint density at radius 3 is 2.34 bits per heavy atom. The van der Waals surface area contributed by atoms with E-state index in [1.54, 1.807) is 11.3 Å². The summed E-state index contributed by atoms with van der Waals surface area (Å²) in [6.07, 6.45) is 3.33. The predicted octanol–water partition coefficient (Wildman–Crippen LogP) is 3.68. The molecular weight excluding hydrogens is 531 g/mol. The van der Waals surface area contributed by atoms with Crippen LogP contribution in [0.15, 0.2) is 35.3 Å². The Bertz CT molecular complexity index is 783. The number of aliphatic imine (C=N–C) groups is 1. The molecule has 0 saturated carbocycles. The quantitative estimate of drug-likeness (QED) is 0.198. The standard InChI is InChI=1S/C24H38N6S.HI/c1-20-21(2)31-23(28-20)11-13-27-24(25-3)26-12-7-8-14-29-15-17-30(18-16-29)19-22-9-5-4-6-10-22;/h4-6,9-10H,7-8,11-19H2,1-3H3,(H2,25,26,27);1H. The average Bonchev–Trinajstić information content (AvgIpc) is 3.11. The Morgan fingerprint density at radius 1 is 1.00 bits per heavy atom. The summed E-state index contributed by atoms with van der Waals surface area (Å²) in [5.74, 6) is 0.888. The first kappa shape index (κ1) is 27.0. The van der Waals surface area contributed by atoms with Crippen LogP contribution in [0.2, 0.25) is 0 Å². The third-order valence-corrected chi connectivity index (χ3v) is 6.97. The minimum absolute atomic E-state index is 0. The van der Waals surface area contributed by atoms with Crippen LogP contribution >= 0.6 is 35.3 Å². The van der Waals surface area contributed by atoms with Crippen molar-refractivity contribution in [2.45, 2.75) is 39.7 Å². The molecule has 2 aromatic rings. The smallest absolute Gasteiger partial charge is 0.190 e. The van der Waals surface area contributed by atoms with Crippen molar-refractivity contribution < 1.29 is 0 Å². The van der Waals surface area contributed by atoms with Crippen molar-refractivity contribution in [1.29, 1.82) is 0 Å². The summed E-state index contributed by atoms with van der Waals surface area (Å²) in [5, 5.41) is 8.04. The third kappa shape index (κ3) is 9.33. The van der Waals surface area contributed by atoms with Crippen molar-refractivity contribution in [3.05, 3.63) is 51.5 Å². The number of halogens is 1. The lowest BCUT2D eigenvalue weighted by atomic mass is 10.2. The highest BCUT2D eigenvalue weighted by atomic mass is 127. The van der Waals surface area contributed by atoms with Crippen molar-refractivity contribution >= 4 is 41.3 Å². The Hall–Kier alpha value is -1.23. The Morgan fingerprint density at radius 2 is 1.69 bits per heavy atom. The molecule has 178 valence electrons. The molecule has 0 bridgehead atoms. The van der Waals surface area contributed by atoms with Crippen LogP contribution in [0.4, 0.5) is 0 Å². The summed E-state index contributed by atoms with van der Waals surface area (Å²) in [7, 11) is 1.84. The van der Waals surface area contributed by atoms with Crippen LogP contribution < -0.4 is 10.6 Å². The lowest BCUT2D eigenvalue weighted by Crippen LogP contribution is -2.46. The molecule has 1 aliphatic heterocycles. The average molecular weight is 571 g/mol. The summed E-state index contributed by atoms with van der Waals surface area (Å²) >= 11 is 1.79. The fraction of sp³-hybridized carbons (Fsp3) is 0.583. The van der Waals surface area contributed by atoms with Gasteiger partial charge in [0.25, 0.3) is 0 Å². The van der Waals surface area contributed by atoms with Crippen LogP contribution in [-0.2, 0) is 13.0 Å². The zero-order valence-corrected chi connectivity index (χ0v) is 22.9. The van der Waals surface area contributed by atoms with E-state index in [1.165, 1.54) is 54.6 Å². The zero-order valence-electron chi connectivity index (χ0n) is 19.8. The van der Waals surface area contributed by atoms with Crippen molar-refractivity contribution in [3.8, 4) is 0 Å². The fourth-order valence-electron chi connectivity index (χ4n) is 3.83. The molecule has 0 amide bonds. The molecule has 0 aliphatic carbocycles. The van der Waals surface area contributed by atoms with Crippen molar-refractivity contribution in [2.75, 3.05) is 52.9 Å². The van der Waals surface area contributed by atoms with Gasteiger partial charge in [-0.15, -0.1) is 35.3 Å². The molecule has 1 aromatic heterocycles. The topological polar surface area (TPSA) is 55.8 Å². The Kier molecular flexibility index (Phi) is 12.5. The lowest BCUT2D eigenvalue weighted by Gasteiger charge is -2.34. The molecule has 1 aromatic carbocycles. The number of benzene rings is 1. The van der Waals surface area contributed by atoms with Crippen LogP contribution in [0, 0.1) is 13.8 Å². The van der Waals surface area contributed by atoms with E-state index in [-0.39, 0.29) is 24.0 Å². The molecule has 0 spiro atoms. The number of aryl methyl sites for hydroxylation is 2. The molecule has 2 heterocycles. The minimum Gasteiger partial charge on any atom is -0.356 e. The van der Waals surface area contributed by atoms with E-state index in [0.717, 1.165) is 44.1 Å². The number of unbranched alkanes of at least 4 members (excludes halogenated alkanes) is 1. The van der Waals surface area contributed by atoms with Crippen molar-refractivity contribution in [2.24, 2.45) is 4.99 Å². The Labute approximate surface area is 214 Å². The zero-order chi connectivity index (χ0) is 21.9. The lowest BCUT2D eigenvalue weighted by molar-refractivity contribution is 0.126. The van der Waals surface area contributed by atoms with Gasteiger partial charge in [-0.3, -0.25) is 9.89 Å². The number of piperazine rings is 1. The van der Waals surface area contributed by atoms with Gasteiger partial charge in [0.1, 0.15) is 0 Å². The fourth-order valence-corrected chi connectivity index (χ4v) is 4.77. The summed E-state index contributed by atoms with van der Waals surface area (Å²) in [5.41, 5.74) is 2.57. The number of aromatic nitrogens is 1. The summed E-state index contributed by atoms with van der Waals surface area (Å²) < 4.78 is 0. The maximum atomic E-state index is 4.60. The van der Waals surface area contributed by atoms with Gasteiger partial charge in [-0.05, 0) is 38.8 Å². The molecule has 0 radical (unpaired) electrons. The van der Waals surface area contributed by atoms with Crippen molar-refractivity contribution in [1.82, 2.24) is 25.4 Å². The van der Waals surface area contributed by atoms with E-state index in [1.807, 2.05) is 7.05 Å². The van der Waals surface area contributed by atoms with E-state index in [2.05, 4.69) is 74.6 Å². The number of hydrogen-bond acceptors (Lipinski definition) is 5. The van der Waals surface area contributed by atoms with Crippen LogP contribution in [0.25, 0.3) is 0 Å². The molecule has 32 heavy (non-hydrogen) atoms. The normalized spacial score (nSPS) is 15.4. The molecule has 0 atom stereocenters. The van der Waals surface area contributed by atoms with E-state index in [0.29, 0.717) is 0 Å². The summed E-state index contributed by atoms with van der Waals surface area (Å²) in [6.45, 7) is 13.0. The highest BCUT2D eigenvalue weighted by molar-refractivity contribution is 14.0. The number of guanidine groups is 1. The van der Waals surface area contributed by atoms with Gasteiger partial charge in [0.15, 0.2) is 5.96 Å². The number of nitrogens with zero attached hydrogens (tertiary/aromatic N) is 4. The Balaban J connectivity index is 0.00000363. The highest BCUT2D eigenvalue weighted by Gasteiger charge is 2.16. The number of nitrogens with one attached hydrogen (secondary N) is 2. The predicted molar refractivity (Wildman–Crippen MR) is 147 cm³/mol. The number of hydrogen-bond donors (Lipinski definition) is 2. The molecule has 0 unspecified atom stereocenters. The van der Waals surface area contributed by atoms with Crippen LogP contribution in [0.1, 0.15) is 34.0 Å². The maximum Gasteiger partial charge on any atom is 0.190 e. The van der Waals surface area contributed by atoms with E-state index >= 15 is 0 Å². The van der Waals surface area contributed by atoms with Gasteiger partial charge in [0.2, 0.25) is 0 Å². The highest BCUT2D eigenvalue weighted by Crippen LogP contribution is 2.16. The van der Waals surface area contributed by atoms with Crippen molar-refractivity contribution in [3.63, 3.8) is 0 Å². The molecule has 6 nitrogen and oxygen atoms in total. The molecule has 1 fully saturated rings. The second-order valence-electron chi connectivity index (χ2n) is 8.24. The first-order valence-corrected chi connectivity index (χ1v) is 12.3. The van der Waals surface area contributed by atoms with Gasteiger partial charge < -0.3 is 15.5 Å². The van der Waals surface area contributed by atoms with E-state index < -0.39 is 0 Å². The third-order valence-electron chi connectivity index (χ3n) is 5.84. The molecular formula is C24H39IN6S. The van der Waals surface area contributed by atoms with E-state index in [4.69, 9.17) is 0 Å². The van der Waals surface area contributed by atoms with Gasteiger partial charge in [-0.2, -0.15) is 0 Å². The first-order valence-electron chi connectivity index (χ1n) is 11.5. The van der Waals surface area contributed by atoms with Gasteiger partial charge >= 0.3 is 0 Å². The van der Waals surface area contributed by atoms with Gasteiger partial charge in [0.05, 0.1) is 10.7 Å².